The molecule has 2 unspecified atom stereocenters. The van der Waals surface area contributed by atoms with E-state index in [1.54, 1.807) is 12.9 Å². The number of carbonyl (C=O) groups excluding carboxylic acids is 1. The fraction of sp³-hybridized carbons (Fsp3) is 0.600. The van der Waals surface area contributed by atoms with E-state index in [1.807, 2.05) is 0 Å². The highest BCUT2D eigenvalue weighted by atomic mass is 16.1. The molecule has 0 aliphatic heterocycles. The fourth-order valence-electron chi connectivity index (χ4n) is 0.658. The Morgan fingerprint density at radius 2 is 2.25 bits per heavy atom. The molecule has 1 saturated carbocycles. The summed E-state index contributed by atoms with van der Waals surface area (Å²) in [5.41, 5.74) is 10.7. The Bertz CT molecular complexity index is 167. The number of nitrogens with two attached hydrogens (primary N) is 2. The van der Waals surface area contributed by atoms with Crippen molar-refractivity contribution in [2.24, 2.45) is 11.5 Å². The van der Waals surface area contributed by atoms with Gasteiger partial charge in [0.1, 0.15) is 5.94 Å². The maximum absolute atomic E-state index is 9.87. The van der Waals surface area contributed by atoms with Crippen molar-refractivity contribution >= 4 is 5.94 Å². The second kappa shape index (κ2) is 1.20. The molecule has 2 atom stereocenters. The van der Waals surface area contributed by atoms with Gasteiger partial charge in [-0.2, -0.15) is 0 Å². The van der Waals surface area contributed by atoms with Gasteiger partial charge in [0.2, 0.25) is 0 Å². The molecule has 0 amide bonds. The molecule has 0 radical (unpaired) electrons. The average molecular weight is 112 g/mol. The maximum atomic E-state index is 9.87. The minimum absolute atomic E-state index is 0.250. The van der Waals surface area contributed by atoms with Crippen LogP contribution >= 0.6 is 0 Å². The summed E-state index contributed by atoms with van der Waals surface area (Å²) < 4.78 is 0. The average Bonchev–Trinajstić information content (AvgIpc) is 2.09. The molecular formula is C5H8N2O. The van der Waals surface area contributed by atoms with E-state index >= 15 is 0 Å². The maximum Gasteiger partial charge on any atom is 0.127 e. The van der Waals surface area contributed by atoms with Crippen LogP contribution in [0.4, 0.5) is 0 Å². The Hall–Kier alpha value is -0.630. The predicted octanol–water partition coefficient (Wildman–Crippen LogP) is -1.20. The van der Waals surface area contributed by atoms with E-state index in [4.69, 9.17) is 11.5 Å². The molecule has 3 heteroatoms. The SMILES string of the molecule is CC1(N)C(=C=O)C1N. The molecular weight excluding hydrogens is 104 g/mol. The predicted molar refractivity (Wildman–Crippen MR) is 29.8 cm³/mol. The van der Waals surface area contributed by atoms with Crippen LogP contribution in [0.1, 0.15) is 6.92 Å². The van der Waals surface area contributed by atoms with Gasteiger partial charge in [-0.3, -0.25) is 0 Å². The Kier molecular flexibility index (Phi) is 0.826. The van der Waals surface area contributed by atoms with Gasteiger partial charge >= 0.3 is 0 Å². The second-order valence-electron chi connectivity index (χ2n) is 2.28. The van der Waals surface area contributed by atoms with E-state index in [0.29, 0.717) is 5.57 Å². The van der Waals surface area contributed by atoms with Crippen LogP contribution in [-0.2, 0) is 4.79 Å². The van der Waals surface area contributed by atoms with E-state index in [0.717, 1.165) is 0 Å². The van der Waals surface area contributed by atoms with Crippen LogP contribution in [-0.4, -0.2) is 17.5 Å². The van der Waals surface area contributed by atoms with Gasteiger partial charge in [-0.15, -0.1) is 0 Å². The van der Waals surface area contributed by atoms with E-state index in [-0.39, 0.29) is 6.04 Å². The van der Waals surface area contributed by atoms with Crippen molar-refractivity contribution in [3.05, 3.63) is 5.57 Å². The zero-order chi connectivity index (χ0) is 6.36. The first-order chi connectivity index (χ1) is 3.60. The van der Waals surface area contributed by atoms with Crippen LogP contribution in [0.5, 0.6) is 0 Å². The Morgan fingerprint density at radius 3 is 2.25 bits per heavy atom. The molecule has 0 aromatic rings. The van der Waals surface area contributed by atoms with Crippen molar-refractivity contribution in [3.63, 3.8) is 0 Å². The van der Waals surface area contributed by atoms with Crippen LogP contribution in [0, 0.1) is 0 Å². The molecule has 1 aliphatic rings. The van der Waals surface area contributed by atoms with Gasteiger partial charge in [0, 0.05) is 0 Å². The highest BCUT2D eigenvalue weighted by Crippen LogP contribution is 2.35. The van der Waals surface area contributed by atoms with Crippen LogP contribution < -0.4 is 11.5 Å². The molecule has 0 bridgehead atoms. The van der Waals surface area contributed by atoms with Gasteiger partial charge in [-0.1, -0.05) is 0 Å². The van der Waals surface area contributed by atoms with Gasteiger partial charge in [0.15, 0.2) is 0 Å². The van der Waals surface area contributed by atoms with Gasteiger partial charge < -0.3 is 11.5 Å². The summed E-state index contributed by atoms with van der Waals surface area (Å²) in [4.78, 5) is 9.87. The van der Waals surface area contributed by atoms with Gasteiger partial charge in [-0.05, 0) is 6.92 Å². The minimum Gasteiger partial charge on any atom is -0.322 e. The first-order valence-corrected chi connectivity index (χ1v) is 2.40. The van der Waals surface area contributed by atoms with Crippen LogP contribution in [0.3, 0.4) is 0 Å². The lowest BCUT2D eigenvalue weighted by Crippen LogP contribution is -2.26. The lowest BCUT2D eigenvalue weighted by atomic mass is 10.3. The highest BCUT2D eigenvalue weighted by molar-refractivity contribution is 5.70. The third kappa shape index (κ3) is 0.434. The summed E-state index contributed by atoms with van der Waals surface area (Å²) in [6.07, 6.45) is 0. The molecule has 0 aromatic carbocycles. The van der Waals surface area contributed by atoms with Gasteiger partial charge in [0.05, 0.1) is 17.2 Å². The van der Waals surface area contributed by atoms with Crippen molar-refractivity contribution in [1.29, 1.82) is 0 Å². The fourth-order valence-corrected chi connectivity index (χ4v) is 0.658. The van der Waals surface area contributed by atoms with Crippen LogP contribution in [0.2, 0.25) is 0 Å². The Balaban J connectivity index is 2.88. The monoisotopic (exact) mass is 112 g/mol. The van der Waals surface area contributed by atoms with Crippen molar-refractivity contribution in [2.75, 3.05) is 0 Å². The molecule has 1 aliphatic carbocycles. The molecule has 0 spiro atoms. The standard InChI is InChI=1S/C5H8N2O/c1-5(7)3(2-8)4(5)6/h4H,6-7H2,1H3. The van der Waals surface area contributed by atoms with E-state index in [9.17, 15) is 4.79 Å². The molecule has 4 N–H and O–H groups in total. The second-order valence-corrected chi connectivity index (χ2v) is 2.28. The van der Waals surface area contributed by atoms with Gasteiger partial charge in [-0.25, -0.2) is 4.79 Å². The molecule has 0 aromatic heterocycles. The van der Waals surface area contributed by atoms with E-state index in [1.165, 1.54) is 0 Å². The van der Waals surface area contributed by atoms with Crippen molar-refractivity contribution < 1.29 is 4.79 Å². The summed E-state index contributed by atoms with van der Waals surface area (Å²) in [6, 6.07) is -0.250. The molecule has 0 heterocycles. The minimum atomic E-state index is -0.554. The Labute approximate surface area is 47.3 Å². The zero-order valence-electron chi connectivity index (χ0n) is 4.64. The van der Waals surface area contributed by atoms with Crippen LogP contribution in [0.25, 0.3) is 0 Å². The quantitative estimate of drug-likeness (QED) is 0.387. The normalized spacial score (nSPS) is 43.9. The molecule has 1 rings (SSSR count). The molecule has 3 nitrogen and oxygen atoms in total. The summed E-state index contributed by atoms with van der Waals surface area (Å²) in [7, 11) is 0. The third-order valence-corrected chi connectivity index (χ3v) is 1.56. The topological polar surface area (TPSA) is 69.1 Å². The lowest BCUT2D eigenvalue weighted by molar-refractivity contribution is 0.567. The number of hydrogen-bond donors (Lipinski definition) is 2. The lowest BCUT2D eigenvalue weighted by Gasteiger charge is -1.91. The van der Waals surface area contributed by atoms with Gasteiger partial charge in [0.25, 0.3) is 0 Å². The Morgan fingerprint density at radius 1 is 1.88 bits per heavy atom. The summed E-state index contributed by atoms with van der Waals surface area (Å²) in [6.45, 7) is 1.72. The largest absolute Gasteiger partial charge is 0.322 e. The summed E-state index contributed by atoms with van der Waals surface area (Å²) in [5.74, 6) is 1.70. The molecule has 44 valence electrons. The number of rotatable bonds is 0. The van der Waals surface area contributed by atoms with Crippen LogP contribution in [0.15, 0.2) is 5.57 Å². The highest BCUT2D eigenvalue weighted by Gasteiger charge is 2.52. The van der Waals surface area contributed by atoms with Crippen molar-refractivity contribution in [1.82, 2.24) is 0 Å². The summed E-state index contributed by atoms with van der Waals surface area (Å²) >= 11 is 0. The first kappa shape index (κ1) is 5.51. The van der Waals surface area contributed by atoms with Crippen molar-refractivity contribution in [3.8, 4) is 0 Å². The molecule has 0 saturated heterocycles. The third-order valence-electron chi connectivity index (χ3n) is 1.56. The van der Waals surface area contributed by atoms with Crippen molar-refractivity contribution in [2.45, 2.75) is 18.5 Å². The van der Waals surface area contributed by atoms with E-state index in [2.05, 4.69) is 0 Å². The first-order valence-electron chi connectivity index (χ1n) is 2.40. The summed E-state index contributed by atoms with van der Waals surface area (Å²) in [5, 5.41) is 0. The molecule has 1 fully saturated rings. The number of hydrogen-bond acceptors (Lipinski definition) is 3. The smallest absolute Gasteiger partial charge is 0.127 e. The molecule has 8 heavy (non-hydrogen) atoms. The zero-order valence-corrected chi connectivity index (χ0v) is 4.64. The van der Waals surface area contributed by atoms with E-state index < -0.39 is 5.54 Å².